The molecule has 0 bridgehead atoms. The van der Waals surface area contributed by atoms with Gasteiger partial charge in [-0.25, -0.2) is 0 Å². The molecule has 1 atom stereocenters. The van der Waals surface area contributed by atoms with Crippen molar-refractivity contribution in [1.29, 1.82) is 0 Å². The fourth-order valence-corrected chi connectivity index (χ4v) is 2.33. The zero-order valence-corrected chi connectivity index (χ0v) is 8.64. The van der Waals surface area contributed by atoms with Crippen molar-refractivity contribution in [2.45, 2.75) is 6.10 Å². The summed E-state index contributed by atoms with van der Waals surface area (Å²) in [6, 6.07) is 11.1. The van der Waals surface area contributed by atoms with Crippen molar-refractivity contribution in [2.24, 2.45) is 0 Å². The third kappa shape index (κ3) is 1.06. The van der Waals surface area contributed by atoms with E-state index in [1.165, 1.54) is 0 Å². The normalized spacial score (nSPS) is 16.9. The van der Waals surface area contributed by atoms with Crippen LogP contribution in [0, 0.1) is 0 Å². The molecule has 3 nitrogen and oxygen atoms in total. The molecule has 0 saturated heterocycles. The highest BCUT2D eigenvalue weighted by molar-refractivity contribution is 5.87. The van der Waals surface area contributed by atoms with E-state index in [1.54, 1.807) is 6.07 Å². The third-order valence-corrected chi connectivity index (χ3v) is 3.06. The Morgan fingerprint density at radius 2 is 1.81 bits per heavy atom. The van der Waals surface area contributed by atoms with Gasteiger partial charge in [-0.15, -0.1) is 0 Å². The molecular weight excluding hydrogens is 200 g/mol. The lowest BCUT2D eigenvalue weighted by atomic mass is 10.0. The van der Waals surface area contributed by atoms with Crippen LogP contribution in [-0.2, 0) is 0 Å². The van der Waals surface area contributed by atoms with Crippen LogP contribution in [0.15, 0.2) is 36.4 Å². The van der Waals surface area contributed by atoms with E-state index in [1.807, 2.05) is 30.3 Å². The minimum atomic E-state index is -0.614. The number of aliphatic hydroxyl groups excluding tert-OH is 1. The van der Waals surface area contributed by atoms with Gasteiger partial charge >= 0.3 is 0 Å². The van der Waals surface area contributed by atoms with Gasteiger partial charge in [-0.05, 0) is 34.9 Å². The first kappa shape index (κ1) is 9.24. The van der Waals surface area contributed by atoms with Crippen LogP contribution < -0.4 is 11.5 Å². The first-order chi connectivity index (χ1) is 7.68. The predicted octanol–water partition coefficient (Wildman–Crippen LogP) is 1.91. The molecule has 1 aliphatic rings. The first-order valence-electron chi connectivity index (χ1n) is 5.14. The van der Waals surface area contributed by atoms with Gasteiger partial charge in [0.05, 0.1) is 0 Å². The van der Waals surface area contributed by atoms with Crippen LogP contribution in [0.25, 0.3) is 11.1 Å². The smallest absolute Gasteiger partial charge is 0.105 e. The van der Waals surface area contributed by atoms with Crippen LogP contribution in [0.5, 0.6) is 0 Å². The van der Waals surface area contributed by atoms with Gasteiger partial charge in [0, 0.05) is 16.9 Å². The molecule has 0 saturated carbocycles. The van der Waals surface area contributed by atoms with Gasteiger partial charge in [0.1, 0.15) is 6.10 Å². The average molecular weight is 212 g/mol. The summed E-state index contributed by atoms with van der Waals surface area (Å²) < 4.78 is 0. The van der Waals surface area contributed by atoms with Gasteiger partial charge in [-0.1, -0.05) is 18.2 Å². The number of hydrogen-bond acceptors (Lipinski definition) is 3. The summed E-state index contributed by atoms with van der Waals surface area (Å²) in [5.41, 5.74) is 16.6. The number of fused-ring (bicyclic) bond motifs is 3. The van der Waals surface area contributed by atoms with Gasteiger partial charge in [-0.2, -0.15) is 0 Å². The summed E-state index contributed by atoms with van der Waals surface area (Å²) in [5, 5.41) is 10.2. The van der Waals surface area contributed by atoms with Crippen LogP contribution in [0.3, 0.4) is 0 Å². The lowest BCUT2D eigenvalue weighted by Crippen LogP contribution is -1.95. The van der Waals surface area contributed by atoms with Gasteiger partial charge < -0.3 is 16.6 Å². The minimum absolute atomic E-state index is 0.614. The van der Waals surface area contributed by atoms with E-state index in [0.29, 0.717) is 11.4 Å². The Hall–Kier alpha value is -2.00. The van der Waals surface area contributed by atoms with E-state index in [0.717, 1.165) is 22.3 Å². The van der Waals surface area contributed by atoms with Crippen LogP contribution in [0.1, 0.15) is 17.2 Å². The molecule has 3 rings (SSSR count). The molecular formula is C13H12N2O. The van der Waals surface area contributed by atoms with E-state index in [-0.39, 0.29) is 0 Å². The Morgan fingerprint density at radius 3 is 2.62 bits per heavy atom. The second-order valence-corrected chi connectivity index (χ2v) is 4.06. The summed E-state index contributed by atoms with van der Waals surface area (Å²) in [7, 11) is 0. The number of benzene rings is 2. The maximum atomic E-state index is 10.2. The lowest BCUT2D eigenvalue weighted by Gasteiger charge is -2.05. The van der Waals surface area contributed by atoms with Crippen molar-refractivity contribution in [1.82, 2.24) is 0 Å². The quantitative estimate of drug-likeness (QED) is 0.584. The van der Waals surface area contributed by atoms with Crippen LogP contribution in [-0.4, -0.2) is 5.11 Å². The number of hydrogen-bond donors (Lipinski definition) is 3. The largest absolute Gasteiger partial charge is 0.399 e. The molecule has 0 heterocycles. The summed E-state index contributed by atoms with van der Waals surface area (Å²) in [4.78, 5) is 0. The second-order valence-electron chi connectivity index (χ2n) is 4.06. The molecule has 80 valence electrons. The Balaban J connectivity index is 2.36. The molecule has 0 radical (unpaired) electrons. The van der Waals surface area contributed by atoms with Gasteiger partial charge in [0.25, 0.3) is 0 Å². The highest BCUT2D eigenvalue weighted by Crippen LogP contribution is 2.46. The average Bonchev–Trinajstić information content (AvgIpc) is 2.55. The van der Waals surface area contributed by atoms with Crippen LogP contribution in [0.4, 0.5) is 11.4 Å². The minimum Gasteiger partial charge on any atom is -0.399 e. The number of rotatable bonds is 0. The van der Waals surface area contributed by atoms with Crippen molar-refractivity contribution >= 4 is 11.4 Å². The third-order valence-electron chi connectivity index (χ3n) is 3.06. The molecule has 0 unspecified atom stereocenters. The molecule has 5 N–H and O–H groups in total. The molecule has 16 heavy (non-hydrogen) atoms. The van der Waals surface area contributed by atoms with E-state index in [2.05, 4.69) is 0 Å². The summed E-state index contributed by atoms with van der Waals surface area (Å²) in [6.07, 6.45) is -0.614. The van der Waals surface area contributed by atoms with Crippen molar-refractivity contribution in [3.05, 3.63) is 47.5 Å². The SMILES string of the molecule is Nc1ccc2c(c1)[C@H](O)c1cccc(N)c1-2. The van der Waals surface area contributed by atoms with Gasteiger partial charge in [0.15, 0.2) is 0 Å². The Bertz CT molecular complexity index is 578. The van der Waals surface area contributed by atoms with E-state index >= 15 is 0 Å². The molecule has 1 aliphatic carbocycles. The zero-order chi connectivity index (χ0) is 11.3. The highest BCUT2D eigenvalue weighted by Gasteiger charge is 2.28. The van der Waals surface area contributed by atoms with Gasteiger partial charge in [-0.3, -0.25) is 0 Å². The van der Waals surface area contributed by atoms with Crippen molar-refractivity contribution in [3.63, 3.8) is 0 Å². The fraction of sp³-hybridized carbons (Fsp3) is 0.0769. The molecule has 2 aromatic rings. The number of aliphatic hydroxyl groups is 1. The Labute approximate surface area is 93.3 Å². The van der Waals surface area contributed by atoms with Crippen LogP contribution in [0.2, 0.25) is 0 Å². The lowest BCUT2D eigenvalue weighted by molar-refractivity contribution is 0.225. The molecule has 0 amide bonds. The molecule has 0 spiro atoms. The molecule has 2 aromatic carbocycles. The number of anilines is 2. The monoisotopic (exact) mass is 212 g/mol. The predicted molar refractivity (Wildman–Crippen MR) is 64.8 cm³/mol. The maximum absolute atomic E-state index is 10.2. The second kappa shape index (κ2) is 3.00. The Kier molecular flexibility index (Phi) is 1.73. The van der Waals surface area contributed by atoms with Crippen molar-refractivity contribution < 1.29 is 5.11 Å². The van der Waals surface area contributed by atoms with Crippen molar-refractivity contribution in [2.75, 3.05) is 11.5 Å². The molecule has 3 heteroatoms. The first-order valence-corrected chi connectivity index (χ1v) is 5.14. The van der Waals surface area contributed by atoms with Crippen molar-refractivity contribution in [3.8, 4) is 11.1 Å². The summed E-state index contributed by atoms with van der Waals surface area (Å²) in [5.74, 6) is 0. The topological polar surface area (TPSA) is 72.3 Å². The maximum Gasteiger partial charge on any atom is 0.105 e. The standard InChI is InChI=1S/C13H12N2O/c14-7-4-5-8-10(6-7)13(16)9-2-1-3-11(15)12(8)9/h1-6,13,16H,14-15H2/t13-/m1/s1. The van der Waals surface area contributed by atoms with E-state index in [4.69, 9.17) is 11.5 Å². The number of nitrogens with two attached hydrogens (primary N) is 2. The van der Waals surface area contributed by atoms with E-state index in [9.17, 15) is 5.11 Å². The number of nitrogen functional groups attached to an aromatic ring is 2. The Morgan fingerprint density at radius 1 is 1.00 bits per heavy atom. The summed E-state index contributed by atoms with van der Waals surface area (Å²) in [6.45, 7) is 0. The molecule has 0 aliphatic heterocycles. The van der Waals surface area contributed by atoms with E-state index < -0.39 is 6.10 Å². The summed E-state index contributed by atoms with van der Waals surface area (Å²) >= 11 is 0. The molecule has 0 fully saturated rings. The highest BCUT2D eigenvalue weighted by atomic mass is 16.3. The molecule has 0 aromatic heterocycles. The fourth-order valence-electron chi connectivity index (χ4n) is 2.33. The van der Waals surface area contributed by atoms with Gasteiger partial charge in [0.2, 0.25) is 0 Å². The zero-order valence-electron chi connectivity index (χ0n) is 8.64. The van der Waals surface area contributed by atoms with Crippen LogP contribution >= 0.6 is 0 Å².